The van der Waals surface area contributed by atoms with Gasteiger partial charge in [-0.25, -0.2) is 0 Å². The third-order valence-corrected chi connectivity index (χ3v) is 4.26. The molecule has 1 saturated heterocycles. The lowest BCUT2D eigenvalue weighted by Gasteiger charge is -2.16. The summed E-state index contributed by atoms with van der Waals surface area (Å²) in [6, 6.07) is 14.6. The third-order valence-electron chi connectivity index (χ3n) is 3.89. The molecule has 4 nitrogen and oxygen atoms in total. The van der Waals surface area contributed by atoms with Crippen molar-refractivity contribution < 1.29 is 9.59 Å². The van der Waals surface area contributed by atoms with Crippen LogP contribution < -0.4 is 10.2 Å². The van der Waals surface area contributed by atoms with Gasteiger partial charge in [0, 0.05) is 35.8 Å². The number of nitrogens with one attached hydrogen (secondary N) is 1. The fourth-order valence-corrected chi connectivity index (χ4v) is 2.86. The summed E-state index contributed by atoms with van der Waals surface area (Å²) in [7, 11) is 0. The van der Waals surface area contributed by atoms with Crippen LogP contribution in [-0.4, -0.2) is 18.4 Å². The molecule has 1 heterocycles. The van der Waals surface area contributed by atoms with Crippen molar-refractivity contribution >= 4 is 29.1 Å². The van der Waals surface area contributed by atoms with E-state index in [1.807, 2.05) is 24.3 Å². The van der Waals surface area contributed by atoms with E-state index in [2.05, 4.69) is 5.32 Å². The molecule has 0 atom stereocenters. The molecule has 2 aromatic rings. The minimum Gasteiger partial charge on any atom is -0.348 e. The molecular weight excluding hydrogens is 312 g/mol. The van der Waals surface area contributed by atoms with Gasteiger partial charge in [-0.1, -0.05) is 35.9 Å². The molecule has 1 aliphatic heterocycles. The number of hydrogen-bond donors (Lipinski definition) is 1. The third kappa shape index (κ3) is 3.54. The Labute approximate surface area is 140 Å². The Morgan fingerprint density at radius 1 is 1.17 bits per heavy atom. The topological polar surface area (TPSA) is 49.4 Å². The minimum absolute atomic E-state index is 0.110. The number of benzene rings is 2. The summed E-state index contributed by atoms with van der Waals surface area (Å²) in [6.07, 6.45) is 1.44. The second kappa shape index (κ2) is 6.84. The van der Waals surface area contributed by atoms with Gasteiger partial charge in [0.1, 0.15) is 0 Å². The Balaban J connectivity index is 1.70. The van der Waals surface area contributed by atoms with Crippen molar-refractivity contribution in [1.29, 1.82) is 0 Å². The van der Waals surface area contributed by atoms with Gasteiger partial charge in [0.2, 0.25) is 5.91 Å². The van der Waals surface area contributed by atoms with E-state index in [1.165, 1.54) is 0 Å². The van der Waals surface area contributed by atoms with Gasteiger partial charge in [-0.2, -0.15) is 0 Å². The highest BCUT2D eigenvalue weighted by molar-refractivity contribution is 6.31. The van der Waals surface area contributed by atoms with Crippen molar-refractivity contribution in [3.63, 3.8) is 0 Å². The van der Waals surface area contributed by atoms with Crippen molar-refractivity contribution in [1.82, 2.24) is 5.32 Å². The van der Waals surface area contributed by atoms with Crippen LogP contribution in [0, 0.1) is 0 Å². The van der Waals surface area contributed by atoms with Crippen LogP contribution in [0.15, 0.2) is 48.5 Å². The molecule has 3 rings (SSSR count). The van der Waals surface area contributed by atoms with Crippen molar-refractivity contribution in [3.05, 3.63) is 64.7 Å². The number of nitrogens with zero attached hydrogens (tertiary/aromatic N) is 1. The zero-order chi connectivity index (χ0) is 16.2. The Kier molecular flexibility index (Phi) is 4.63. The second-order valence-corrected chi connectivity index (χ2v) is 5.88. The molecule has 0 aliphatic carbocycles. The minimum atomic E-state index is -0.182. The lowest BCUT2D eigenvalue weighted by atomic mass is 10.1. The highest BCUT2D eigenvalue weighted by atomic mass is 35.5. The summed E-state index contributed by atoms with van der Waals surface area (Å²) in [4.78, 5) is 25.9. The highest BCUT2D eigenvalue weighted by Crippen LogP contribution is 2.22. The summed E-state index contributed by atoms with van der Waals surface area (Å²) in [5.74, 6) is -0.0722. The summed E-state index contributed by atoms with van der Waals surface area (Å²) in [5, 5.41) is 3.49. The molecule has 2 amide bonds. The molecule has 0 bridgehead atoms. The van der Waals surface area contributed by atoms with Crippen molar-refractivity contribution in [3.8, 4) is 0 Å². The van der Waals surface area contributed by atoms with E-state index in [-0.39, 0.29) is 11.8 Å². The van der Waals surface area contributed by atoms with Crippen LogP contribution in [0.5, 0.6) is 0 Å². The zero-order valence-corrected chi connectivity index (χ0v) is 13.3. The van der Waals surface area contributed by atoms with E-state index in [0.717, 1.165) is 17.7 Å². The molecule has 23 heavy (non-hydrogen) atoms. The normalized spacial score (nSPS) is 14.1. The van der Waals surface area contributed by atoms with Crippen LogP contribution in [0.2, 0.25) is 5.02 Å². The lowest BCUT2D eigenvalue weighted by molar-refractivity contribution is -0.117. The molecule has 0 radical (unpaired) electrons. The first kappa shape index (κ1) is 15.6. The molecule has 0 aromatic heterocycles. The van der Waals surface area contributed by atoms with Crippen LogP contribution in [0.4, 0.5) is 5.69 Å². The Morgan fingerprint density at radius 2 is 2.00 bits per heavy atom. The maximum atomic E-state index is 12.3. The molecule has 5 heteroatoms. The van der Waals surface area contributed by atoms with Crippen molar-refractivity contribution in [2.45, 2.75) is 19.4 Å². The maximum absolute atomic E-state index is 12.3. The average Bonchev–Trinajstić information content (AvgIpc) is 3.00. The largest absolute Gasteiger partial charge is 0.348 e. The van der Waals surface area contributed by atoms with Gasteiger partial charge in [0.05, 0.1) is 0 Å². The molecular formula is C18H17ClN2O2. The number of anilines is 1. The van der Waals surface area contributed by atoms with Crippen molar-refractivity contribution in [2.75, 3.05) is 11.4 Å². The van der Waals surface area contributed by atoms with Crippen LogP contribution in [0.25, 0.3) is 0 Å². The van der Waals surface area contributed by atoms with E-state index in [1.54, 1.807) is 29.2 Å². The van der Waals surface area contributed by atoms with Crippen LogP contribution in [0.3, 0.4) is 0 Å². The molecule has 1 fully saturated rings. The Bertz CT molecular complexity index is 745. The smallest absolute Gasteiger partial charge is 0.251 e. The van der Waals surface area contributed by atoms with E-state index >= 15 is 0 Å². The number of rotatable bonds is 4. The fraction of sp³-hybridized carbons (Fsp3) is 0.222. The fourth-order valence-electron chi connectivity index (χ4n) is 2.66. The van der Waals surface area contributed by atoms with Gasteiger partial charge < -0.3 is 10.2 Å². The summed E-state index contributed by atoms with van der Waals surface area (Å²) in [5.41, 5.74) is 2.18. The number of halogens is 1. The molecule has 1 aliphatic rings. The summed E-state index contributed by atoms with van der Waals surface area (Å²) < 4.78 is 0. The van der Waals surface area contributed by atoms with Gasteiger partial charge >= 0.3 is 0 Å². The summed E-state index contributed by atoms with van der Waals surface area (Å²) in [6.45, 7) is 1.08. The highest BCUT2D eigenvalue weighted by Gasteiger charge is 2.22. The van der Waals surface area contributed by atoms with E-state index < -0.39 is 0 Å². The van der Waals surface area contributed by atoms with Gasteiger partial charge in [0.15, 0.2) is 0 Å². The predicted octanol–water partition coefficient (Wildman–Crippen LogP) is 3.40. The quantitative estimate of drug-likeness (QED) is 0.935. The first-order chi connectivity index (χ1) is 11.1. The van der Waals surface area contributed by atoms with Crippen LogP contribution >= 0.6 is 11.6 Å². The number of amides is 2. The molecule has 0 spiro atoms. The monoisotopic (exact) mass is 328 g/mol. The first-order valence-electron chi connectivity index (χ1n) is 7.57. The second-order valence-electron chi connectivity index (χ2n) is 5.47. The van der Waals surface area contributed by atoms with Crippen LogP contribution in [0.1, 0.15) is 28.8 Å². The Hall–Kier alpha value is -2.33. The predicted molar refractivity (Wildman–Crippen MR) is 90.7 cm³/mol. The number of carbonyl (C=O) groups excluding carboxylic acids is 2. The molecule has 0 saturated carbocycles. The Morgan fingerprint density at radius 3 is 2.74 bits per heavy atom. The van der Waals surface area contributed by atoms with Gasteiger partial charge in [-0.3, -0.25) is 9.59 Å². The molecule has 0 unspecified atom stereocenters. The SMILES string of the molecule is O=C(NCc1ccccc1Cl)c1cccc(N2CCCC2=O)c1. The molecule has 2 aromatic carbocycles. The summed E-state index contributed by atoms with van der Waals surface area (Å²) >= 11 is 6.09. The van der Waals surface area contributed by atoms with Crippen LogP contribution in [-0.2, 0) is 11.3 Å². The van der Waals surface area contributed by atoms with E-state index in [0.29, 0.717) is 30.1 Å². The number of hydrogen-bond acceptors (Lipinski definition) is 2. The first-order valence-corrected chi connectivity index (χ1v) is 7.95. The zero-order valence-electron chi connectivity index (χ0n) is 12.6. The molecule has 118 valence electrons. The maximum Gasteiger partial charge on any atom is 0.251 e. The van der Waals surface area contributed by atoms with Gasteiger partial charge in [-0.15, -0.1) is 0 Å². The molecule has 1 N–H and O–H groups in total. The van der Waals surface area contributed by atoms with Crippen molar-refractivity contribution in [2.24, 2.45) is 0 Å². The standard InChI is InChI=1S/C18H17ClN2O2/c19-16-8-2-1-5-14(16)12-20-18(23)13-6-3-7-15(11-13)21-10-4-9-17(21)22/h1-3,5-8,11H,4,9-10,12H2,(H,20,23). The average molecular weight is 329 g/mol. The van der Waals surface area contributed by atoms with E-state index in [4.69, 9.17) is 11.6 Å². The van der Waals surface area contributed by atoms with E-state index in [9.17, 15) is 9.59 Å². The number of carbonyl (C=O) groups is 2. The van der Waals surface area contributed by atoms with Gasteiger partial charge in [-0.05, 0) is 36.2 Å². The van der Waals surface area contributed by atoms with Gasteiger partial charge in [0.25, 0.3) is 5.91 Å². The lowest BCUT2D eigenvalue weighted by Crippen LogP contribution is -2.25.